The Bertz CT molecular complexity index is 430. The molecule has 0 N–H and O–H groups in total. The van der Waals surface area contributed by atoms with Crippen molar-refractivity contribution in [3.05, 3.63) is 21.1 Å². The first kappa shape index (κ1) is 14.2. The second-order valence-corrected chi connectivity index (χ2v) is 5.66. The zero-order chi connectivity index (χ0) is 13.1. The second-order valence-electron chi connectivity index (χ2n) is 4.50. The lowest BCUT2D eigenvalue weighted by atomic mass is 10.2. The van der Waals surface area contributed by atoms with Gasteiger partial charge in [0.25, 0.3) is 0 Å². The topological polar surface area (TPSA) is 38.2 Å². The summed E-state index contributed by atoms with van der Waals surface area (Å²) >= 11 is 9.59. The molecule has 1 fully saturated rings. The number of aryl methyl sites for hydroxylation is 1. The fraction of sp³-hybridized carbons (Fsp3) is 0.667. The van der Waals surface area contributed by atoms with Crippen molar-refractivity contribution in [1.29, 1.82) is 0 Å². The molecule has 18 heavy (non-hydrogen) atoms. The Morgan fingerprint density at radius 1 is 1.50 bits per heavy atom. The lowest BCUT2D eigenvalue weighted by Gasteiger charge is -2.29. The molecular weight excluding hydrogens is 318 g/mol. The third kappa shape index (κ3) is 3.20. The Kier molecular flexibility index (Phi) is 4.95. The van der Waals surface area contributed by atoms with Crippen LogP contribution in [0.4, 0.5) is 0 Å². The summed E-state index contributed by atoms with van der Waals surface area (Å²) in [6.45, 7) is 4.58. The molecule has 0 aliphatic carbocycles. The summed E-state index contributed by atoms with van der Waals surface area (Å²) in [6.07, 6.45) is 1.83. The lowest BCUT2D eigenvalue weighted by molar-refractivity contribution is -0.0256. The van der Waals surface area contributed by atoms with E-state index < -0.39 is 0 Å². The predicted molar refractivity (Wildman–Crippen MR) is 74.9 cm³/mol. The molecule has 1 aliphatic rings. The summed E-state index contributed by atoms with van der Waals surface area (Å²) in [5.74, 6) is 0.693. The molecule has 0 aromatic carbocycles. The van der Waals surface area contributed by atoms with Gasteiger partial charge in [-0.15, -0.1) is 0 Å². The van der Waals surface area contributed by atoms with Gasteiger partial charge in [-0.1, -0.05) is 24.9 Å². The monoisotopic (exact) mass is 333 g/mol. The quantitative estimate of drug-likeness (QED) is 0.797. The highest BCUT2D eigenvalue weighted by atomic mass is 79.9. The van der Waals surface area contributed by atoms with Gasteiger partial charge in [-0.2, -0.15) is 0 Å². The molecule has 0 amide bonds. The molecule has 1 atom stereocenters. The Morgan fingerprint density at radius 2 is 2.28 bits per heavy atom. The molecule has 1 aromatic rings. The number of ether oxygens (including phenoxy) is 1. The van der Waals surface area contributed by atoms with Crippen LogP contribution in [0.15, 0.2) is 4.47 Å². The van der Waals surface area contributed by atoms with Crippen LogP contribution in [-0.4, -0.2) is 41.6 Å². The summed E-state index contributed by atoms with van der Waals surface area (Å²) in [5, 5.41) is 0.472. The van der Waals surface area contributed by atoms with Crippen LogP contribution in [0.25, 0.3) is 0 Å². The van der Waals surface area contributed by atoms with Crippen LogP contribution < -0.4 is 0 Å². The summed E-state index contributed by atoms with van der Waals surface area (Å²) in [6, 6.07) is 0. The van der Waals surface area contributed by atoms with Crippen molar-refractivity contribution < 1.29 is 4.74 Å². The number of hydrogen-bond donors (Lipinski definition) is 0. The van der Waals surface area contributed by atoms with Crippen molar-refractivity contribution in [1.82, 2.24) is 14.9 Å². The molecule has 100 valence electrons. The van der Waals surface area contributed by atoms with Crippen molar-refractivity contribution in [3.63, 3.8) is 0 Å². The number of halogens is 2. The maximum Gasteiger partial charge on any atom is 0.160 e. The maximum atomic E-state index is 6.14. The summed E-state index contributed by atoms with van der Waals surface area (Å²) in [7, 11) is 2.07. The molecule has 2 heterocycles. The second kappa shape index (κ2) is 6.28. The van der Waals surface area contributed by atoms with E-state index in [1.807, 2.05) is 0 Å². The van der Waals surface area contributed by atoms with Gasteiger partial charge in [-0.05, 0) is 29.4 Å². The Hall–Kier alpha value is -0.230. The summed E-state index contributed by atoms with van der Waals surface area (Å²) in [4.78, 5) is 11.1. The molecule has 0 radical (unpaired) electrons. The molecule has 0 saturated carbocycles. The summed E-state index contributed by atoms with van der Waals surface area (Å²) in [5.41, 5.74) is 0.962. The molecule has 1 saturated heterocycles. The Morgan fingerprint density at radius 3 is 2.94 bits per heavy atom. The highest BCUT2D eigenvalue weighted by molar-refractivity contribution is 9.10. The van der Waals surface area contributed by atoms with Crippen molar-refractivity contribution in [2.75, 3.05) is 26.7 Å². The minimum Gasteiger partial charge on any atom is -0.368 e. The smallest absolute Gasteiger partial charge is 0.160 e. The zero-order valence-corrected chi connectivity index (χ0v) is 13.0. The zero-order valence-electron chi connectivity index (χ0n) is 10.6. The molecule has 1 unspecified atom stereocenters. The molecule has 1 aromatic heterocycles. The van der Waals surface area contributed by atoms with E-state index in [4.69, 9.17) is 16.3 Å². The van der Waals surface area contributed by atoms with Crippen LogP contribution in [0.5, 0.6) is 0 Å². The minimum absolute atomic E-state index is 0.0787. The molecule has 0 bridgehead atoms. The standard InChI is InChI=1S/C12H17BrClN3O/c1-3-4-8-10(13)11(14)16-12(15-8)9-7-17(2)5-6-18-9/h9H,3-7H2,1-2H3. The highest BCUT2D eigenvalue weighted by Gasteiger charge is 2.23. The van der Waals surface area contributed by atoms with E-state index >= 15 is 0 Å². The van der Waals surface area contributed by atoms with E-state index in [-0.39, 0.29) is 6.10 Å². The molecule has 6 heteroatoms. The number of nitrogens with zero attached hydrogens (tertiary/aromatic N) is 3. The van der Waals surface area contributed by atoms with Gasteiger partial charge < -0.3 is 9.64 Å². The van der Waals surface area contributed by atoms with Crippen LogP contribution in [0.3, 0.4) is 0 Å². The normalized spacial score (nSPS) is 21.2. The molecule has 4 nitrogen and oxygen atoms in total. The van der Waals surface area contributed by atoms with E-state index in [2.05, 4.69) is 44.8 Å². The van der Waals surface area contributed by atoms with Gasteiger partial charge in [-0.3, -0.25) is 0 Å². The fourth-order valence-electron chi connectivity index (χ4n) is 1.96. The molecule has 0 spiro atoms. The Labute approximate surface area is 121 Å². The van der Waals surface area contributed by atoms with E-state index in [9.17, 15) is 0 Å². The van der Waals surface area contributed by atoms with Crippen LogP contribution >= 0.6 is 27.5 Å². The van der Waals surface area contributed by atoms with Crippen LogP contribution in [0.2, 0.25) is 5.15 Å². The first-order valence-corrected chi connectivity index (χ1v) is 7.30. The van der Waals surface area contributed by atoms with Crippen molar-refractivity contribution >= 4 is 27.5 Å². The van der Waals surface area contributed by atoms with Gasteiger partial charge in [0, 0.05) is 13.1 Å². The number of morpholine rings is 1. The number of aromatic nitrogens is 2. The molecular formula is C12H17BrClN3O. The van der Waals surface area contributed by atoms with Crippen LogP contribution in [-0.2, 0) is 11.2 Å². The number of likely N-dealkylation sites (N-methyl/N-ethyl adjacent to an activating group) is 1. The van der Waals surface area contributed by atoms with Gasteiger partial charge >= 0.3 is 0 Å². The van der Waals surface area contributed by atoms with E-state index in [0.29, 0.717) is 17.6 Å². The largest absolute Gasteiger partial charge is 0.368 e. The van der Waals surface area contributed by atoms with Gasteiger partial charge in [0.2, 0.25) is 0 Å². The fourth-order valence-corrected chi connectivity index (χ4v) is 2.53. The first-order valence-electron chi connectivity index (χ1n) is 6.13. The van der Waals surface area contributed by atoms with Crippen molar-refractivity contribution in [2.24, 2.45) is 0 Å². The third-order valence-electron chi connectivity index (χ3n) is 2.94. The average molecular weight is 335 g/mol. The number of hydrogen-bond acceptors (Lipinski definition) is 4. The van der Waals surface area contributed by atoms with E-state index in [1.165, 1.54) is 0 Å². The SMILES string of the molecule is CCCc1nc(C2CN(C)CCO2)nc(Cl)c1Br. The molecule has 1 aliphatic heterocycles. The van der Waals surface area contributed by atoms with Crippen molar-refractivity contribution in [3.8, 4) is 0 Å². The van der Waals surface area contributed by atoms with E-state index in [0.717, 1.165) is 36.1 Å². The van der Waals surface area contributed by atoms with Crippen molar-refractivity contribution in [2.45, 2.75) is 25.9 Å². The third-order valence-corrected chi connectivity index (χ3v) is 4.28. The van der Waals surface area contributed by atoms with Gasteiger partial charge in [0.15, 0.2) is 5.82 Å². The average Bonchev–Trinajstić information content (AvgIpc) is 2.35. The van der Waals surface area contributed by atoms with Crippen LogP contribution in [0.1, 0.15) is 31.0 Å². The lowest BCUT2D eigenvalue weighted by Crippen LogP contribution is -2.36. The van der Waals surface area contributed by atoms with Crippen LogP contribution in [0, 0.1) is 0 Å². The summed E-state index contributed by atoms with van der Waals surface area (Å²) < 4.78 is 6.53. The first-order chi connectivity index (χ1) is 8.61. The van der Waals surface area contributed by atoms with Gasteiger partial charge in [-0.25, -0.2) is 9.97 Å². The van der Waals surface area contributed by atoms with Gasteiger partial charge in [0.05, 0.1) is 16.8 Å². The predicted octanol–water partition coefficient (Wildman–Crippen LogP) is 2.85. The molecule has 2 rings (SSSR count). The highest BCUT2D eigenvalue weighted by Crippen LogP contribution is 2.27. The Balaban J connectivity index is 2.27. The maximum absolute atomic E-state index is 6.14. The van der Waals surface area contributed by atoms with Gasteiger partial charge in [0.1, 0.15) is 11.3 Å². The minimum atomic E-state index is -0.0787. The number of rotatable bonds is 3. The van der Waals surface area contributed by atoms with E-state index in [1.54, 1.807) is 0 Å².